The van der Waals surface area contributed by atoms with E-state index in [4.69, 9.17) is 0 Å². The van der Waals surface area contributed by atoms with Crippen LogP contribution in [0.3, 0.4) is 0 Å². The number of aromatic hydroxyl groups is 1. The summed E-state index contributed by atoms with van der Waals surface area (Å²) in [7, 11) is 0. The zero-order valence-corrected chi connectivity index (χ0v) is 15.3. The molecule has 0 spiro atoms. The van der Waals surface area contributed by atoms with Gasteiger partial charge in [0.1, 0.15) is 5.75 Å². The average Bonchev–Trinajstić information content (AvgIpc) is 2.95. The van der Waals surface area contributed by atoms with Gasteiger partial charge in [-0.3, -0.25) is 0 Å². The van der Waals surface area contributed by atoms with Gasteiger partial charge in [-0.25, -0.2) is 0 Å². The fourth-order valence-corrected chi connectivity index (χ4v) is 5.94. The Kier molecular flexibility index (Phi) is 3.55. The van der Waals surface area contributed by atoms with Gasteiger partial charge in [-0.15, -0.1) is 0 Å². The third-order valence-corrected chi connectivity index (χ3v) is 7.07. The highest BCUT2D eigenvalue weighted by Gasteiger charge is 2.48. The van der Waals surface area contributed by atoms with Gasteiger partial charge in [0.15, 0.2) is 0 Å². The smallest absolute Gasteiger partial charge is 0.115 e. The Hall–Kier alpha value is -2.06. The van der Waals surface area contributed by atoms with Crippen LogP contribution in [0, 0.1) is 5.41 Å². The molecule has 0 amide bonds. The summed E-state index contributed by atoms with van der Waals surface area (Å²) in [5.74, 6) is 1.15. The van der Waals surface area contributed by atoms with E-state index in [-0.39, 0.29) is 11.5 Å². The van der Waals surface area contributed by atoms with Crippen LogP contribution in [0.1, 0.15) is 61.1 Å². The van der Waals surface area contributed by atoms with Crippen molar-refractivity contribution in [2.45, 2.75) is 57.0 Å². The minimum atomic E-state index is -0.195. The molecular weight excluding hydrogens is 320 g/mol. The summed E-state index contributed by atoms with van der Waals surface area (Å²) in [5, 5.41) is 20.5. The summed E-state index contributed by atoms with van der Waals surface area (Å²) in [4.78, 5) is 0. The number of phenols is 1. The molecule has 2 aromatic rings. The zero-order chi connectivity index (χ0) is 17.9. The van der Waals surface area contributed by atoms with Crippen molar-refractivity contribution in [2.24, 2.45) is 5.41 Å². The predicted octanol–water partition coefficient (Wildman–Crippen LogP) is 5.07. The highest BCUT2D eigenvalue weighted by atomic mass is 16.3. The molecule has 0 saturated heterocycles. The van der Waals surface area contributed by atoms with Crippen LogP contribution in [0.25, 0.3) is 0 Å². The van der Waals surface area contributed by atoms with E-state index in [2.05, 4.69) is 43.3 Å². The van der Waals surface area contributed by atoms with Crippen LogP contribution in [0.15, 0.2) is 59.7 Å². The number of benzene rings is 2. The van der Waals surface area contributed by atoms with Gasteiger partial charge in [-0.05, 0) is 66.3 Å². The molecule has 3 aliphatic rings. The molecule has 0 heterocycles. The van der Waals surface area contributed by atoms with Gasteiger partial charge in [0.25, 0.3) is 0 Å². The summed E-state index contributed by atoms with van der Waals surface area (Å²) >= 11 is 0. The van der Waals surface area contributed by atoms with E-state index in [9.17, 15) is 10.2 Å². The standard InChI is InChI=1S/C24H26O2/c1-24-10-9-20-19-8-7-17(25)11-16(19)12-21(15-5-3-2-4-6-15)23(20)22(24)13-18(26)14-24/h2-8,11,18,20-21,25-26H,9-10,12-14H2,1H3/t18-,20+,21-,24+/m0/s1. The number of allylic oxidation sites excluding steroid dienone is 1. The van der Waals surface area contributed by atoms with E-state index in [1.807, 2.05) is 12.1 Å². The molecule has 0 aliphatic heterocycles. The summed E-state index contributed by atoms with van der Waals surface area (Å²) in [6, 6.07) is 16.7. The molecule has 2 nitrogen and oxygen atoms in total. The largest absolute Gasteiger partial charge is 0.508 e. The number of phenolic OH excluding ortho intramolecular Hbond substituents is 1. The lowest BCUT2D eigenvalue weighted by Gasteiger charge is -2.44. The molecule has 2 heteroatoms. The first-order valence-electron chi connectivity index (χ1n) is 9.83. The molecule has 0 bridgehead atoms. The lowest BCUT2D eigenvalue weighted by Crippen LogP contribution is -2.31. The van der Waals surface area contributed by atoms with Crippen molar-refractivity contribution < 1.29 is 10.2 Å². The molecule has 0 aromatic heterocycles. The maximum Gasteiger partial charge on any atom is 0.115 e. The zero-order valence-electron chi connectivity index (χ0n) is 15.3. The van der Waals surface area contributed by atoms with Gasteiger partial charge in [0, 0.05) is 11.8 Å². The number of fused-ring (bicyclic) bond motifs is 4. The topological polar surface area (TPSA) is 40.5 Å². The lowest BCUT2D eigenvalue weighted by molar-refractivity contribution is 0.159. The Labute approximate surface area is 155 Å². The van der Waals surface area contributed by atoms with E-state index < -0.39 is 0 Å². The Morgan fingerprint density at radius 1 is 1.00 bits per heavy atom. The van der Waals surface area contributed by atoms with E-state index >= 15 is 0 Å². The van der Waals surface area contributed by atoms with Crippen LogP contribution in [0.2, 0.25) is 0 Å². The molecule has 1 fully saturated rings. The third kappa shape index (κ3) is 2.35. The normalized spacial score (nSPS) is 32.8. The molecule has 2 N–H and O–H groups in total. The third-order valence-electron chi connectivity index (χ3n) is 7.07. The fourth-order valence-electron chi connectivity index (χ4n) is 5.94. The van der Waals surface area contributed by atoms with E-state index in [1.54, 1.807) is 5.57 Å². The summed E-state index contributed by atoms with van der Waals surface area (Å²) in [6.07, 6.45) is 4.77. The summed E-state index contributed by atoms with van der Waals surface area (Å²) < 4.78 is 0. The van der Waals surface area contributed by atoms with Crippen molar-refractivity contribution in [2.75, 3.05) is 0 Å². The highest BCUT2D eigenvalue weighted by Crippen LogP contribution is 2.60. The average molecular weight is 346 g/mol. The molecule has 26 heavy (non-hydrogen) atoms. The van der Waals surface area contributed by atoms with Gasteiger partial charge in [0.2, 0.25) is 0 Å². The van der Waals surface area contributed by atoms with E-state index in [0.29, 0.717) is 17.6 Å². The van der Waals surface area contributed by atoms with Crippen LogP contribution < -0.4 is 0 Å². The van der Waals surface area contributed by atoms with Crippen LogP contribution in [0.5, 0.6) is 5.75 Å². The second-order valence-electron chi connectivity index (χ2n) is 8.70. The molecule has 0 radical (unpaired) electrons. The molecule has 3 aliphatic carbocycles. The fraction of sp³-hybridized carbons (Fsp3) is 0.417. The van der Waals surface area contributed by atoms with Crippen molar-refractivity contribution in [3.63, 3.8) is 0 Å². The quantitative estimate of drug-likeness (QED) is 0.708. The van der Waals surface area contributed by atoms with Crippen molar-refractivity contribution in [1.29, 1.82) is 0 Å². The molecular formula is C24H26O2. The Morgan fingerprint density at radius 2 is 1.81 bits per heavy atom. The van der Waals surface area contributed by atoms with Gasteiger partial charge < -0.3 is 10.2 Å². The monoisotopic (exact) mass is 346 g/mol. The molecule has 1 saturated carbocycles. The van der Waals surface area contributed by atoms with Crippen LogP contribution >= 0.6 is 0 Å². The summed E-state index contributed by atoms with van der Waals surface area (Å²) in [5.41, 5.74) is 7.29. The number of hydrogen-bond donors (Lipinski definition) is 2. The van der Waals surface area contributed by atoms with Crippen molar-refractivity contribution in [3.8, 4) is 5.75 Å². The molecule has 134 valence electrons. The van der Waals surface area contributed by atoms with Gasteiger partial charge in [-0.1, -0.05) is 54.5 Å². The Bertz CT molecular complexity index is 882. The SMILES string of the molecule is C[C@]12CC[C@H]3C(=C1C[C@H](O)C2)[C@H](c1ccccc1)Cc1cc(O)ccc13. The van der Waals surface area contributed by atoms with Crippen LogP contribution in [-0.2, 0) is 6.42 Å². The number of aliphatic hydroxyl groups is 1. The molecule has 4 atom stereocenters. The van der Waals surface area contributed by atoms with E-state index in [0.717, 1.165) is 32.1 Å². The van der Waals surface area contributed by atoms with Gasteiger partial charge >= 0.3 is 0 Å². The van der Waals surface area contributed by atoms with Crippen molar-refractivity contribution >= 4 is 0 Å². The second-order valence-corrected chi connectivity index (χ2v) is 8.70. The van der Waals surface area contributed by atoms with Crippen molar-refractivity contribution in [3.05, 3.63) is 76.4 Å². The second kappa shape index (κ2) is 5.72. The molecule has 0 unspecified atom stereocenters. The van der Waals surface area contributed by atoms with Gasteiger partial charge in [-0.2, -0.15) is 0 Å². The lowest BCUT2D eigenvalue weighted by atomic mass is 9.60. The van der Waals surface area contributed by atoms with Crippen LogP contribution in [-0.4, -0.2) is 16.3 Å². The van der Waals surface area contributed by atoms with E-state index in [1.165, 1.54) is 22.3 Å². The number of hydrogen-bond acceptors (Lipinski definition) is 2. The first-order chi connectivity index (χ1) is 12.5. The maximum atomic E-state index is 10.4. The first-order valence-corrected chi connectivity index (χ1v) is 9.83. The maximum absolute atomic E-state index is 10.4. The van der Waals surface area contributed by atoms with Crippen molar-refractivity contribution in [1.82, 2.24) is 0 Å². The minimum absolute atomic E-state index is 0.159. The molecule has 2 aromatic carbocycles. The van der Waals surface area contributed by atoms with Gasteiger partial charge in [0.05, 0.1) is 6.10 Å². The molecule has 5 rings (SSSR count). The number of aliphatic hydroxyl groups excluding tert-OH is 1. The predicted molar refractivity (Wildman–Crippen MR) is 103 cm³/mol. The minimum Gasteiger partial charge on any atom is -0.508 e. The highest BCUT2D eigenvalue weighted by molar-refractivity contribution is 5.53. The van der Waals surface area contributed by atoms with Crippen LogP contribution in [0.4, 0.5) is 0 Å². The first kappa shape index (κ1) is 16.1. The Balaban J connectivity index is 1.74. The number of rotatable bonds is 1. The Morgan fingerprint density at radius 3 is 2.62 bits per heavy atom. The summed E-state index contributed by atoms with van der Waals surface area (Å²) in [6.45, 7) is 2.36.